The Bertz CT molecular complexity index is 1370. The number of fused-ring (bicyclic) bond motifs is 1. The van der Waals surface area contributed by atoms with E-state index in [1.807, 2.05) is 48.5 Å². The fourth-order valence-electron chi connectivity index (χ4n) is 3.29. The Morgan fingerprint density at radius 2 is 1.71 bits per heavy atom. The number of nitrogens with zero attached hydrogens (tertiary/aromatic N) is 1. The molecule has 0 unspecified atom stereocenters. The van der Waals surface area contributed by atoms with Gasteiger partial charge in [-0.25, -0.2) is 4.98 Å². The van der Waals surface area contributed by atoms with Crippen molar-refractivity contribution in [1.29, 1.82) is 0 Å². The van der Waals surface area contributed by atoms with Gasteiger partial charge in [0.15, 0.2) is 5.76 Å². The Balaban J connectivity index is 1.33. The van der Waals surface area contributed by atoms with Crippen LogP contribution in [0.4, 0.5) is 5.69 Å². The van der Waals surface area contributed by atoms with E-state index < -0.39 is 0 Å². The van der Waals surface area contributed by atoms with Crippen molar-refractivity contribution in [2.45, 2.75) is 0 Å². The Kier molecular flexibility index (Phi) is 4.98. The number of aromatic amines is 1. The molecule has 0 atom stereocenters. The number of halogens is 2. The molecule has 1 amide bonds. The van der Waals surface area contributed by atoms with Crippen LogP contribution in [0.5, 0.6) is 0 Å². The highest BCUT2D eigenvalue weighted by Crippen LogP contribution is 2.34. The molecular formula is C24H15Cl2N3O2. The number of para-hydroxylation sites is 2. The van der Waals surface area contributed by atoms with Crippen LogP contribution in [-0.4, -0.2) is 15.9 Å². The summed E-state index contributed by atoms with van der Waals surface area (Å²) in [5, 5.41) is 3.64. The van der Waals surface area contributed by atoms with E-state index in [-0.39, 0.29) is 11.7 Å². The number of hydrogen-bond donors (Lipinski definition) is 2. The average Bonchev–Trinajstić information content (AvgIpc) is 3.43. The maximum atomic E-state index is 12.6. The highest BCUT2D eigenvalue weighted by Gasteiger charge is 2.15. The molecule has 0 aliphatic rings. The molecule has 2 aromatic heterocycles. The topological polar surface area (TPSA) is 70.9 Å². The second-order valence-electron chi connectivity index (χ2n) is 6.90. The lowest BCUT2D eigenvalue weighted by atomic mass is 10.2. The molecule has 5 nitrogen and oxygen atoms in total. The first-order valence-electron chi connectivity index (χ1n) is 9.49. The van der Waals surface area contributed by atoms with Crippen molar-refractivity contribution < 1.29 is 9.21 Å². The number of benzene rings is 3. The van der Waals surface area contributed by atoms with Crippen LogP contribution in [0, 0.1) is 0 Å². The standard InChI is InChI=1S/C24H15Cl2N3O2/c25-17-5-3-4-16(22(17)26)20-12-13-21(31-20)24(30)27-15-10-8-14(9-11-15)23-28-18-6-1-2-7-19(18)29-23/h1-13H,(H,27,30)(H,28,29). The third-order valence-corrected chi connectivity index (χ3v) is 5.67. The van der Waals surface area contributed by atoms with Crippen LogP contribution in [0.1, 0.15) is 10.6 Å². The molecule has 0 aliphatic carbocycles. The lowest BCUT2D eigenvalue weighted by molar-refractivity contribution is 0.0997. The van der Waals surface area contributed by atoms with Gasteiger partial charge in [0.25, 0.3) is 5.91 Å². The van der Waals surface area contributed by atoms with Gasteiger partial charge in [-0.3, -0.25) is 4.79 Å². The Morgan fingerprint density at radius 3 is 2.52 bits per heavy atom. The second kappa shape index (κ2) is 7.95. The van der Waals surface area contributed by atoms with E-state index in [4.69, 9.17) is 27.6 Å². The number of imidazole rings is 1. The molecule has 152 valence electrons. The maximum Gasteiger partial charge on any atom is 0.291 e. The van der Waals surface area contributed by atoms with Gasteiger partial charge in [0.1, 0.15) is 11.6 Å². The highest BCUT2D eigenvalue weighted by atomic mass is 35.5. The third kappa shape index (κ3) is 3.81. The van der Waals surface area contributed by atoms with Crippen molar-refractivity contribution in [3.8, 4) is 22.7 Å². The number of carbonyl (C=O) groups is 1. The van der Waals surface area contributed by atoms with Gasteiger partial charge in [-0.05, 0) is 60.7 Å². The minimum atomic E-state index is -0.360. The van der Waals surface area contributed by atoms with Crippen LogP contribution >= 0.6 is 23.2 Å². The minimum absolute atomic E-state index is 0.174. The molecule has 0 saturated carbocycles. The van der Waals surface area contributed by atoms with Gasteiger partial charge in [-0.2, -0.15) is 0 Å². The molecule has 0 spiro atoms. The minimum Gasteiger partial charge on any atom is -0.451 e. The van der Waals surface area contributed by atoms with E-state index in [2.05, 4.69) is 15.3 Å². The maximum absolute atomic E-state index is 12.6. The summed E-state index contributed by atoms with van der Waals surface area (Å²) in [7, 11) is 0. The smallest absolute Gasteiger partial charge is 0.291 e. The Hall–Kier alpha value is -3.54. The monoisotopic (exact) mass is 447 g/mol. The van der Waals surface area contributed by atoms with Gasteiger partial charge < -0.3 is 14.7 Å². The molecule has 3 aromatic carbocycles. The van der Waals surface area contributed by atoms with Crippen molar-refractivity contribution in [3.05, 3.63) is 94.7 Å². The van der Waals surface area contributed by atoms with E-state index in [1.165, 1.54) is 0 Å². The predicted octanol–water partition coefficient (Wildman–Crippen LogP) is 7.05. The quantitative estimate of drug-likeness (QED) is 0.310. The van der Waals surface area contributed by atoms with Gasteiger partial charge in [0.05, 0.1) is 21.1 Å². The summed E-state index contributed by atoms with van der Waals surface area (Å²) in [5.41, 5.74) is 4.07. The van der Waals surface area contributed by atoms with Gasteiger partial charge in [0.2, 0.25) is 0 Å². The zero-order valence-corrected chi connectivity index (χ0v) is 17.5. The molecule has 0 radical (unpaired) electrons. The summed E-state index contributed by atoms with van der Waals surface area (Å²) >= 11 is 12.3. The van der Waals surface area contributed by atoms with E-state index >= 15 is 0 Å². The van der Waals surface area contributed by atoms with E-state index in [9.17, 15) is 4.79 Å². The van der Waals surface area contributed by atoms with Crippen LogP contribution in [0.2, 0.25) is 10.0 Å². The summed E-state index contributed by atoms with van der Waals surface area (Å²) in [5.74, 6) is 1.05. The van der Waals surface area contributed by atoms with E-state index in [1.54, 1.807) is 30.3 Å². The zero-order valence-electron chi connectivity index (χ0n) is 16.0. The number of carbonyl (C=O) groups excluding carboxylic acids is 1. The molecule has 7 heteroatoms. The molecule has 0 aliphatic heterocycles. The number of aromatic nitrogens is 2. The van der Waals surface area contributed by atoms with Crippen molar-refractivity contribution in [1.82, 2.24) is 9.97 Å². The SMILES string of the molecule is O=C(Nc1ccc(-c2nc3ccccc3[nH]2)cc1)c1ccc(-c2cccc(Cl)c2Cl)o1. The van der Waals surface area contributed by atoms with Crippen molar-refractivity contribution in [2.24, 2.45) is 0 Å². The number of amides is 1. The second-order valence-corrected chi connectivity index (χ2v) is 7.68. The average molecular weight is 448 g/mol. The summed E-state index contributed by atoms with van der Waals surface area (Å²) in [4.78, 5) is 20.5. The number of nitrogens with one attached hydrogen (secondary N) is 2. The molecule has 2 N–H and O–H groups in total. The van der Waals surface area contributed by atoms with Crippen molar-refractivity contribution in [2.75, 3.05) is 5.32 Å². The number of furan rings is 1. The normalized spacial score (nSPS) is 11.0. The first-order chi connectivity index (χ1) is 15.1. The van der Waals surface area contributed by atoms with Crippen LogP contribution in [0.25, 0.3) is 33.7 Å². The molecule has 31 heavy (non-hydrogen) atoms. The fraction of sp³-hybridized carbons (Fsp3) is 0. The fourth-order valence-corrected chi connectivity index (χ4v) is 3.69. The first kappa shape index (κ1) is 19.4. The van der Waals surface area contributed by atoms with Crippen LogP contribution in [-0.2, 0) is 0 Å². The number of anilines is 1. The van der Waals surface area contributed by atoms with Crippen molar-refractivity contribution >= 4 is 45.8 Å². The molecule has 0 saturated heterocycles. The van der Waals surface area contributed by atoms with E-state index in [0.717, 1.165) is 22.4 Å². The molecule has 0 fully saturated rings. The van der Waals surface area contributed by atoms with Gasteiger partial charge >= 0.3 is 0 Å². The molecular weight excluding hydrogens is 433 g/mol. The van der Waals surface area contributed by atoms with Crippen LogP contribution in [0.15, 0.2) is 83.3 Å². The van der Waals surface area contributed by atoms with Gasteiger partial charge in [0, 0.05) is 16.8 Å². The molecule has 5 aromatic rings. The number of H-pyrrole nitrogens is 1. The lowest BCUT2D eigenvalue weighted by Crippen LogP contribution is -2.10. The highest BCUT2D eigenvalue weighted by molar-refractivity contribution is 6.43. The number of hydrogen-bond acceptors (Lipinski definition) is 3. The van der Waals surface area contributed by atoms with Crippen LogP contribution in [0.3, 0.4) is 0 Å². The Morgan fingerprint density at radius 1 is 0.903 bits per heavy atom. The first-order valence-corrected chi connectivity index (χ1v) is 10.2. The molecule has 2 heterocycles. The van der Waals surface area contributed by atoms with Gasteiger partial charge in [-0.1, -0.05) is 41.4 Å². The van der Waals surface area contributed by atoms with E-state index in [0.29, 0.717) is 27.1 Å². The molecule has 0 bridgehead atoms. The van der Waals surface area contributed by atoms with Crippen molar-refractivity contribution in [3.63, 3.8) is 0 Å². The Labute approximate surface area is 187 Å². The number of rotatable bonds is 4. The molecule has 5 rings (SSSR count). The largest absolute Gasteiger partial charge is 0.451 e. The summed E-state index contributed by atoms with van der Waals surface area (Å²) < 4.78 is 5.70. The predicted molar refractivity (Wildman–Crippen MR) is 124 cm³/mol. The summed E-state index contributed by atoms with van der Waals surface area (Å²) in [6, 6.07) is 23.8. The van der Waals surface area contributed by atoms with Gasteiger partial charge in [-0.15, -0.1) is 0 Å². The lowest BCUT2D eigenvalue weighted by Gasteiger charge is -2.05. The third-order valence-electron chi connectivity index (χ3n) is 4.85. The summed E-state index contributed by atoms with van der Waals surface area (Å²) in [6.45, 7) is 0. The zero-order chi connectivity index (χ0) is 21.4. The summed E-state index contributed by atoms with van der Waals surface area (Å²) in [6.07, 6.45) is 0. The van der Waals surface area contributed by atoms with Crippen LogP contribution < -0.4 is 5.32 Å².